The molecule has 0 fully saturated rings. The Morgan fingerprint density at radius 2 is 2.07 bits per heavy atom. The Bertz CT molecular complexity index is 869. The predicted molar refractivity (Wildman–Crippen MR) is 96.0 cm³/mol. The molecule has 0 saturated carbocycles. The lowest BCUT2D eigenvalue weighted by molar-refractivity contribution is 0.0940. The second-order valence-corrected chi connectivity index (χ2v) is 7.27. The lowest BCUT2D eigenvalue weighted by atomic mass is 9.96. The highest BCUT2D eigenvalue weighted by Crippen LogP contribution is 2.24. The van der Waals surface area contributed by atoms with Gasteiger partial charge < -0.3 is 19.6 Å². The predicted octanol–water partition coefficient (Wildman–Crippen LogP) is 1.18. The summed E-state index contributed by atoms with van der Waals surface area (Å²) in [6.07, 6.45) is 3.84. The Labute approximate surface area is 157 Å². The first-order chi connectivity index (χ1) is 13.0. The van der Waals surface area contributed by atoms with E-state index in [1.54, 1.807) is 23.9 Å². The van der Waals surface area contributed by atoms with Crippen molar-refractivity contribution in [3.05, 3.63) is 34.5 Å². The zero-order chi connectivity index (χ0) is 19.0. The fraction of sp³-hybridized carbons (Fsp3) is 0.556. The molecule has 9 nitrogen and oxygen atoms in total. The third kappa shape index (κ3) is 3.41. The molecule has 4 rings (SSSR count). The lowest BCUT2D eigenvalue weighted by Crippen LogP contribution is -2.43. The molecule has 0 atom stereocenters. The van der Waals surface area contributed by atoms with E-state index >= 15 is 0 Å². The SMILES string of the molecule is CN(C)C(=O)N1CCn2nc(CNC(=O)c3noc4c3CCCC4)cc2C1. The molecule has 1 N–H and O–H groups in total. The number of hydrogen-bond acceptors (Lipinski definition) is 5. The van der Waals surface area contributed by atoms with E-state index in [0.717, 1.165) is 48.4 Å². The van der Waals surface area contributed by atoms with E-state index in [0.29, 0.717) is 31.9 Å². The third-order valence-electron chi connectivity index (χ3n) is 5.10. The highest BCUT2D eigenvalue weighted by Gasteiger charge is 2.25. The Morgan fingerprint density at radius 3 is 2.89 bits per heavy atom. The molecule has 2 aromatic rings. The van der Waals surface area contributed by atoms with Gasteiger partial charge in [-0.15, -0.1) is 0 Å². The highest BCUT2D eigenvalue weighted by molar-refractivity contribution is 5.93. The summed E-state index contributed by atoms with van der Waals surface area (Å²) in [5.41, 5.74) is 3.09. The first-order valence-corrected chi connectivity index (χ1v) is 9.30. The quantitative estimate of drug-likeness (QED) is 0.873. The van der Waals surface area contributed by atoms with Crippen LogP contribution in [0.1, 0.15) is 46.0 Å². The zero-order valence-electron chi connectivity index (χ0n) is 15.7. The van der Waals surface area contributed by atoms with Crippen LogP contribution in [0, 0.1) is 0 Å². The Hall–Kier alpha value is -2.84. The fourth-order valence-electron chi connectivity index (χ4n) is 3.68. The maximum Gasteiger partial charge on any atom is 0.319 e. The highest BCUT2D eigenvalue weighted by atomic mass is 16.5. The van der Waals surface area contributed by atoms with Crippen LogP contribution in [0.15, 0.2) is 10.6 Å². The number of amides is 3. The van der Waals surface area contributed by atoms with Crippen LogP contribution in [0.4, 0.5) is 4.79 Å². The Kier molecular flexibility index (Phi) is 4.59. The summed E-state index contributed by atoms with van der Waals surface area (Å²) in [5, 5.41) is 11.4. The number of aromatic nitrogens is 3. The number of rotatable bonds is 3. The van der Waals surface area contributed by atoms with Crippen LogP contribution in [0.2, 0.25) is 0 Å². The molecule has 9 heteroatoms. The summed E-state index contributed by atoms with van der Waals surface area (Å²) in [5.74, 6) is 0.617. The molecule has 3 heterocycles. The minimum atomic E-state index is -0.225. The number of aryl methyl sites for hydroxylation is 1. The second-order valence-electron chi connectivity index (χ2n) is 7.27. The van der Waals surface area contributed by atoms with Crippen LogP contribution in [0.25, 0.3) is 0 Å². The number of nitrogens with zero attached hydrogens (tertiary/aromatic N) is 5. The van der Waals surface area contributed by atoms with Crippen molar-refractivity contribution >= 4 is 11.9 Å². The van der Waals surface area contributed by atoms with E-state index in [1.165, 1.54) is 0 Å². The van der Waals surface area contributed by atoms with Gasteiger partial charge in [0.05, 0.1) is 31.0 Å². The van der Waals surface area contributed by atoms with Crippen LogP contribution in [0.3, 0.4) is 0 Å². The molecule has 2 aromatic heterocycles. The molecule has 1 aliphatic heterocycles. The van der Waals surface area contributed by atoms with Crippen LogP contribution in [-0.4, -0.2) is 57.3 Å². The van der Waals surface area contributed by atoms with Crippen molar-refractivity contribution in [1.29, 1.82) is 0 Å². The number of urea groups is 1. The van der Waals surface area contributed by atoms with E-state index in [2.05, 4.69) is 15.6 Å². The van der Waals surface area contributed by atoms with Crippen molar-refractivity contribution in [1.82, 2.24) is 30.1 Å². The van der Waals surface area contributed by atoms with Gasteiger partial charge in [-0.1, -0.05) is 5.16 Å². The van der Waals surface area contributed by atoms with Crippen molar-refractivity contribution in [2.45, 2.75) is 45.3 Å². The molecule has 2 aliphatic rings. The number of nitrogens with one attached hydrogen (secondary N) is 1. The second kappa shape index (κ2) is 7.05. The van der Waals surface area contributed by atoms with Crippen LogP contribution < -0.4 is 5.32 Å². The lowest BCUT2D eigenvalue weighted by Gasteiger charge is -2.29. The number of hydrogen-bond donors (Lipinski definition) is 1. The molecule has 0 aromatic carbocycles. The van der Waals surface area contributed by atoms with Crippen LogP contribution >= 0.6 is 0 Å². The van der Waals surface area contributed by atoms with E-state index in [1.807, 2.05) is 10.7 Å². The van der Waals surface area contributed by atoms with Crippen LogP contribution in [0.5, 0.6) is 0 Å². The summed E-state index contributed by atoms with van der Waals surface area (Å²) in [7, 11) is 3.50. The number of carbonyl (C=O) groups is 2. The van der Waals surface area contributed by atoms with Gasteiger partial charge in [-0.2, -0.15) is 5.10 Å². The molecular formula is C18H24N6O3. The summed E-state index contributed by atoms with van der Waals surface area (Å²) >= 11 is 0. The molecule has 1 aliphatic carbocycles. The van der Waals surface area contributed by atoms with Gasteiger partial charge in [-0.05, 0) is 25.3 Å². The van der Waals surface area contributed by atoms with Crippen molar-refractivity contribution < 1.29 is 14.1 Å². The fourth-order valence-corrected chi connectivity index (χ4v) is 3.68. The molecule has 3 amide bonds. The molecular weight excluding hydrogens is 348 g/mol. The maximum atomic E-state index is 12.5. The molecule has 0 spiro atoms. The van der Waals surface area contributed by atoms with Gasteiger partial charge in [-0.3, -0.25) is 9.48 Å². The van der Waals surface area contributed by atoms with E-state index in [4.69, 9.17) is 4.52 Å². The minimum absolute atomic E-state index is 0.00638. The molecule has 27 heavy (non-hydrogen) atoms. The summed E-state index contributed by atoms with van der Waals surface area (Å²) in [6.45, 7) is 2.12. The van der Waals surface area contributed by atoms with Gasteiger partial charge in [0.2, 0.25) is 0 Å². The summed E-state index contributed by atoms with van der Waals surface area (Å²) in [6, 6.07) is 1.93. The van der Waals surface area contributed by atoms with Gasteiger partial charge in [0, 0.05) is 32.6 Å². The molecule has 0 bridgehead atoms. The van der Waals surface area contributed by atoms with Gasteiger partial charge in [0.25, 0.3) is 5.91 Å². The van der Waals surface area contributed by atoms with Gasteiger partial charge >= 0.3 is 6.03 Å². The van der Waals surface area contributed by atoms with Crippen molar-refractivity contribution in [2.24, 2.45) is 0 Å². The van der Waals surface area contributed by atoms with Crippen molar-refractivity contribution in [3.63, 3.8) is 0 Å². The molecule has 0 unspecified atom stereocenters. The smallest absolute Gasteiger partial charge is 0.319 e. The first-order valence-electron chi connectivity index (χ1n) is 9.30. The average Bonchev–Trinajstić information content (AvgIpc) is 3.28. The monoisotopic (exact) mass is 372 g/mol. The number of fused-ring (bicyclic) bond motifs is 2. The maximum absolute atomic E-state index is 12.5. The molecule has 0 radical (unpaired) electrons. The Morgan fingerprint density at radius 1 is 1.26 bits per heavy atom. The van der Waals surface area contributed by atoms with Crippen LogP contribution in [-0.2, 0) is 32.5 Å². The Balaban J connectivity index is 1.39. The topological polar surface area (TPSA) is 96.5 Å². The standard InChI is InChI=1S/C18H24N6O3/c1-22(2)18(26)23-7-8-24-13(11-23)9-12(20-24)10-19-17(25)16-14-5-3-4-6-15(14)27-21-16/h9H,3-8,10-11H2,1-2H3,(H,19,25). The van der Waals surface area contributed by atoms with E-state index < -0.39 is 0 Å². The zero-order valence-corrected chi connectivity index (χ0v) is 15.7. The normalized spacial score (nSPS) is 15.9. The van der Waals surface area contributed by atoms with Gasteiger partial charge in [0.15, 0.2) is 5.69 Å². The van der Waals surface area contributed by atoms with Crippen molar-refractivity contribution in [3.8, 4) is 0 Å². The third-order valence-corrected chi connectivity index (χ3v) is 5.10. The summed E-state index contributed by atoms with van der Waals surface area (Å²) in [4.78, 5) is 28.0. The first kappa shape index (κ1) is 17.6. The molecule has 0 saturated heterocycles. The van der Waals surface area contributed by atoms with E-state index in [9.17, 15) is 9.59 Å². The minimum Gasteiger partial charge on any atom is -0.360 e. The number of carbonyl (C=O) groups excluding carboxylic acids is 2. The van der Waals surface area contributed by atoms with Crippen molar-refractivity contribution in [2.75, 3.05) is 20.6 Å². The van der Waals surface area contributed by atoms with E-state index in [-0.39, 0.29) is 11.9 Å². The largest absolute Gasteiger partial charge is 0.360 e. The van der Waals surface area contributed by atoms with Gasteiger partial charge in [0.1, 0.15) is 5.76 Å². The summed E-state index contributed by atoms with van der Waals surface area (Å²) < 4.78 is 7.21. The van der Waals surface area contributed by atoms with Gasteiger partial charge in [-0.25, -0.2) is 4.79 Å². The average molecular weight is 372 g/mol. The molecule has 144 valence electrons.